The largest absolute Gasteiger partial charge is 0.412 e. The van der Waals surface area contributed by atoms with Gasteiger partial charge in [-0.15, -0.1) is 0 Å². The monoisotopic (exact) mass is 340 g/mol. The molecule has 3 nitrogen and oxygen atoms in total. The summed E-state index contributed by atoms with van der Waals surface area (Å²) in [5, 5.41) is 2.77. The van der Waals surface area contributed by atoms with E-state index in [0.29, 0.717) is 17.7 Å². The van der Waals surface area contributed by atoms with Crippen molar-refractivity contribution >= 4 is 11.6 Å². The van der Waals surface area contributed by atoms with Crippen LogP contribution in [0.15, 0.2) is 30.4 Å². The lowest BCUT2D eigenvalue weighted by Gasteiger charge is -2.41. The highest BCUT2D eigenvalue weighted by molar-refractivity contribution is 6.00. The highest BCUT2D eigenvalue weighted by atomic mass is 19.4. The molecular formula is C18H23F3N2O. The van der Waals surface area contributed by atoms with Crippen LogP contribution in [0.4, 0.5) is 18.9 Å². The van der Waals surface area contributed by atoms with Crippen molar-refractivity contribution in [3.05, 3.63) is 41.5 Å². The lowest BCUT2D eigenvalue weighted by atomic mass is 9.97. The molecule has 0 spiro atoms. The Labute approximate surface area is 140 Å². The Bertz CT molecular complexity index is 638. The zero-order chi connectivity index (χ0) is 18.1. The first-order chi connectivity index (χ1) is 11.1. The summed E-state index contributed by atoms with van der Waals surface area (Å²) in [6.07, 6.45) is -1.16. The van der Waals surface area contributed by atoms with Gasteiger partial charge in [0.1, 0.15) is 6.04 Å². The van der Waals surface area contributed by atoms with Gasteiger partial charge >= 0.3 is 6.18 Å². The van der Waals surface area contributed by atoms with E-state index in [1.165, 1.54) is 11.0 Å². The Kier molecular flexibility index (Phi) is 5.26. The molecule has 0 bridgehead atoms. The van der Waals surface area contributed by atoms with Crippen LogP contribution in [0.25, 0.3) is 0 Å². The number of benzene rings is 1. The lowest BCUT2D eigenvalue weighted by Crippen LogP contribution is -2.51. The maximum Gasteiger partial charge on any atom is 0.412 e. The normalized spacial score (nSPS) is 21.2. The van der Waals surface area contributed by atoms with E-state index in [-0.39, 0.29) is 23.6 Å². The summed E-state index contributed by atoms with van der Waals surface area (Å²) in [6.45, 7) is 7.12. The summed E-state index contributed by atoms with van der Waals surface area (Å²) in [5.41, 5.74) is 1.29. The molecule has 0 saturated heterocycles. The molecule has 2 unspecified atom stereocenters. The maximum absolute atomic E-state index is 13.5. The van der Waals surface area contributed by atoms with E-state index >= 15 is 0 Å². The first kappa shape index (κ1) is 18.4. The number of nitrogens with one attached hydrogen (secondary N) is 1. The fourth-order valence-corrected chi connectivity index (χ4v) is 3.04. The minimum absolute atomic E-state index is 0.0945. The summed E-state index contributed by atoms with van der Waals surface area (Å²) >= 11 is 0. The van der Waals surface area contributed by atoms with Gasteiger partial charge in [0.25, 0.3) is 5.91 Å². The van der Waals surface area contributed by atoms with Crippen LogP contribution < -0.4 is 10.2 Å². The van der Waals surface area contributed by atoms with Gasteiger partial charge in [-0.2, -0.15) is 13.2 Å². The van der Waals surface area contributed by atoms with Gasteiger partial charge in [-0.1, -0.05) is 24.3 Å². The van der Waals surface area contributed by atoms with E-state index in [4.69, 9.17) is 0 Å². The SMILES string of the molecule is Cc1cccc(C(=O)NC(C)C)c1N1C(C)CC=CC1C(F)(F)F. The summed E-state index contributed by atoms with van der Waals surface area (Å²) < 4.78 is 40.6. The van der Waals surface area contributed by atoms with Crippen LogP contribution in [0.1, 0.15) is 43.1 Å². The van der Waals surface area contributed by atoms with Gasteiger partial charge in [-0.3, -0.25) is 4.79 Å². The Morgan fingerprint density at radius 2 is 2.00 bits per heavy atom. The molecule has 132 valence electrons. The Balaban J connectivity index is 2.57. The standard InChI is InChI=1S/C18H23F3N2O/c1-11(2)22-17(24)14-9-5-7-12(3)16(14)23-13(4)8-6-10-15(23)18(19,20)21/h5-7,9-11,13,15H,8H2,1-4H3,(H,22,24). The molecule has 0 aliphatic carbocycles. The average Bonchev–Trinajstić information content (AvgIpc) is 2.45. The quantitative estimate of drug-likeness (QED) is 0.836. The smallest absolute Gasteiger partial charge is 0.353 e. The van der Waals surface area contributed by atoms with Gasteiger partial charge in [-0.05, 0) is 45.7 Å². The van der Waals surface area contributed by atoms with Crippen LogP contribution in [-0.2, 0) is 0 Å². The number of carbonyl (C=O) groups is 1. The highest BCUT2D eigenvalue weighted by Crippen LogP contribution is 2.38. The number of hydrogen-bond acceptors (Lipinski definition) is 2. The molecule has 6 heteroatoms. The van der Waals surface area contributed by atoms with Crippen molar-refractivity contribution in [2.45, 2.75) is 58.4 Å². The molecule has 2 rings (SSSR count). The molecule has 1 aliphatic heterocycles. The molecule has 0 fully saturated rings. The number of rotatable bonds is 3. The van der Waals surface area contributed by atoms with Gasteiger partial charge in [0.2, 0.25) is 0 Å². The molecule has 0 radical (unpaired) electrons. The zero-order valence-corrected chi connectivity index (χ0v) is 14.3. The van der Waals surface area contributed by atoms with Crippen LogP contribution in [0.3, 0.4) is 0 Å². The van der Waals surface area contributed by atoms with Crippen molar-refractivity contribution in [1.29, 1.82) is 0 Å². The van der Waals surface area contributed by atoms with Crippen LogP contribution in [-0.4, -0.2) is 30.2 Å². The minimum atomic E-state index is -4.40. The van der Waals surface area contributed by atoms with Crippen molar-refractivity contribution in [3.63, 3.8) is 0 Å². The lowest BCUT2D eigenvalue weighted by molar-refractivity contribution is -0.140. The zero-order valence-electron chi connectivity index (χ0n) is 14.3. The van der Waals surface area contributed by atoms with Gasteiger partial charge in [0.15, 0.2) is 0 Å². The molecular weight excluding hydrogens is 317 g/mol. The molecule has 1 heterocycles. The number of halogens is 3. The Morgan fingerprint density at radius 3 is 2.58 bits per heavy atom. The second-order valence-corrected chi connectivity index (χ2v) is 6.51. The van der Waals surface area contributed by atoms with Crippen molar-refractivity contribution in [2.75, 3.05) is 4.90 Å². The summed E-state index contributed by atoms with van der Waals surface area (Å²) in [6, 6.07) is 2.84. The van der Waals surface area contributed by atoms with Crippen molar-refractivity contribution in [1.82, 2.24) is 5.32 Å². The van der Waals surface area contributed by atoms with Crippen LogP contribution in [0.2, 0.25) is 0 Å². The second kappa shape index (κ2) is 6.87. The molecule has 1 N–H and O–H groups in total. The molecule has 0 aromatic heterocycles. The fraction of sp³-hybridized carbons (Fsp3) is 0.500. The van der Waals surface area contributed by atoms with E-state index < -0.39 is 12.2 Å². The number of carbonyl (C=O) groups excluding carboxylic acids is 1. The molecule has 1 aliphatic rings. The van der Waals surface area contributed by atoms with E-state index in [1.54, 1.807) is 38.1 Å². The summed E-state index contributed by atoms with van der Waals surface area (Å²) in [5.74, 6) is -0.355. The number of para-hydroxylation sites is 1. The van der Waals surface area contributed by atoms with E-state index in [2.05, 4.69) is 5.32 Å². The molecule has 24 heavy (non-hydrogen) atoms. The molecule has 1 aromatic rings. The van der Waals surface area contributed by atoms with Crippen molar-refractivity contribution in [2.24, 2.45) is 0 Å². The van der Waals surface area contributed by atoms with Crippen LogP contribution in [0, 0.1) is 6.92 Å². The Morgan fingerprint density at radius 1 is 1.33 bits per heavy atom. The summed E-state index contributed by atoms with van der Waals surface area (Å²) in [7, 11) is 0. The number of aryl methyl sites for hydroxylation is 1. The third-order valence-electron chi connectivity index (χ3n) is 4.07. The number of hydrogen-bond donors (Lipinski definition) is 1. The number of amides is 1. The highest BCUT2D eigenvalue weighted by Gasteiger charge is 2.45. The van der Waals surface area contributed by atoms with E-state index in [9.17, 15) is 18.0 Å². The first-order valence-corrected chi connectivity index (χ1v) is 8.05. The maximum atomic E-state index is 13.5. The number of anilines is 1. The van der Waals surface area contributed by atoms with Crippen molar-refractivity contribution < 1.29 is 18.0 Å². The second-order valence-electron chi connectivity index (χ2n) is 6.51. The molecule has 1 amide bonds. The number of alkyl halides is 3. The summed E-state index contributed by atoms with van der Waals surface area (Å²) in [4.78, 5) is 13.8. The van der Waals surface area contributed by atoms with Gasteiger partial charge in [0.05, 0.1) is 11.3 Å². The number of nitrogens with zero attached hydrogens (tertiary/aromatic N) is 1. The van der Waals surface area contributed by atoms with E-state index in [0.717, 1.165) is 0 Å². The fourth-order valence-electron chi connectivity index (χ4n) is 3.04. The molecule has 0 saturated carbocycles. The molecule has 1 aromatic carbocycles. The average molecular weight is 340 g/mol. The topological polar surface area (TPSA) is 32.3 Å². The first-order valence-electron chi connectivity index (χ1n) is 8.05. The van der Waals surface area contributed by atoms with Crippen LogP contribution >= 0.6 is 0 Å². The third-order valence-corrected chi connectivity index (χ3v) is 4.07. The van der Waals surface area contributed by atoms with Crippen LogP contribution in [0.5, 0.6) is 0 Å². The molecule has 2 atom stereocenters. The van der Waals surface area contributed by atoms with Gasteiger partial charge in [0, 0.05) is 12.1 Å². The predicted octanol–water partition coefficient (Wildman–Crippen LogP) is 4.22. The van der Waals surface area contributed by atoms with E-state index in [1.807, 2.05) is 13.8 Å². The predicted molar refractivity (Wildman–Crippen MR) is 89.3 cm³/mol. The van der Waals surface area contributed by atoms with Gasteiger partial charge < -0.3 is 10.2 Å². The Hall–Kier alpha value is -1.98. The van der Waals surface area contributed by atoms with Crippen molar-refractivity contribution in [3.8, 4) is 0 Å². The minimum Gasteiger partial charge on any atom is -0.353 e. The van der Waals surface area contributed by atoms with Gasteiger partial charge in [-0.25, -0.2) is 0 Å². The third kappa shape index (κ3) is 3.74.